The number of rotatable bonds is 62. The topological polar surface area (TPSA) is 193 Å². The lowest BCUT2D eigenvalue weighted by Crippen LogP contribution is -2.44. The first-order chi connectivity index (χ1) is 40.8. The van der Waals surface area contributed by atoms with Crippen LogP contribution in [0.4, 0.5) is 4.79 Å². The second-order valence-corrected chi connectivity index (χ2v) is 24.0. The molecule has 16 nitrogen and oxygen atoms in total. The van der Waals surface area contributed by atoms with E-state index in [0.29, 0.717) is 13.0 Å². The molecule has 0 fully saturated rings. The maximum Gasteiger partial charge on any atom is 0.317 e. The van der Waals surface area contributed by atoms with E-state index >= 15 is 0 Å². The van der Waals surface area contributed by atoms with Crippen LogP contribution in [0.25, 0.3) is 0 Å². The van der Waals surface area contributed by atoms with Gasteiger partial charge in [0.2, 0.25) is 0 Å². The molecule has 0 unspecified atom stereocenters. The third-order valence-electron chi connectivity index (χ3n) is 15.4. The van der Waals surface area contributed by atoms with Crippen molar-refractivity contribution in [3.05, 3.63) is 0 Å². The summed E-state index contributed by atoms with van der Waals surface area (Å²) in [6, 6.07) is -0.424. The first-order valence-electron chi connectivity index (χ1n) is 34.5. The summed E-state index contributed by atoms with van der Waals surface area (Å²) >= 11 is 0. The maximum atomic E-state index is 13.5. The zero-order valence-electron chi connectivity index (χ0n) is 54.8. The summed E-state index contributed by atoms with van der Waals surface area (Å²) in [5, 5.41) is 2.91. The summed E-state index contributed by atoms with van der Waals surface area (Å²) in [6.07, 6.45) is 41.9. The molecule has 0 spiro atoms. The van der Waals surface area contributed by atoms with E-state index in [9.17, 15) is 33.6 Å². The lowest BCUT2D eigenvalue weighted by molar-refractivity contribution is -0.155. The van der Waals surface area contributed by atoms with Crippen molar-refractivity contribution in [2.45, 2.75) is 304 Å². The van der Waals surface area contributed by atoms with Gasteiger partial charge in [0, 0.05) is 44.1 Å². The Kier molecular flexibility index (Phi) is 57.9. The van der Waals surface area contributed by atoms with E-state index in [2.05, 4.69) is 33.0 Å². The molecule has 492 valence electrons. The average Bonchev–Trinajstić information content (AvgIpc) is 3.52. The minimum atomic E-state index is -0.623. The van der Waals surface area contributed by atoms with Crippen LogP contribution in [-0.4, -0.2) is 132 Å². The van der Waals surface area contributed by atoms with Crippen LogP contribution >= 0.6 is 0 Å². The molecule has 0 aromatic rings. The number of carbonyl (C=O) groups excluding carboxylic acids is 7. The highest BCUT2D eigenvalue weighted by atomic mass is 16.6. The van der Waals surface area contributed by atoms with E-state index in [1.54, 1.807) is 0 Å². The molecule has 0 heterocycles. The van der Waals surface area contributed by atoms with Crippen LogP contribution in [0, 0.1) is 11.8 Å². The van der Waals surface area contributed by atoms with E-state index in [4.69, 9.17) is 28.4 Å². The SMILES string of the molecule is CCCCCCCCCCCC(=O)OCC(COC(=O)CCCCCCCCCCC)CC(=O)OCCN(CCOC(=O)CC(COC(=O)CCCCCCCCCCC)COC(=O)CCCCCCCCCCC)C(=O)NCCCN(C)C. The summed E-state index contributed by atoms with van der Waals surface area (Å²) in [4.78, 5) is 94.9. The van der Waals surface area contributed by atoms with Gasteiger partial charge in [0.1, 0.15) is 13.2 Å². The third-order valence-corrected chi connectivity index (χ3v) is 15.4. The Morgan fingerprint density at radius 1 is 0.310 bits per heavy atom. The number of unbranched alkanes of at least 4 members (excludes halogenated alkanes) is 32. The number of hydrogen-bond acceptors (Lipinski definition) is 14. The first kappa shape index (κ1) is 80.0. The summed E-state index contributed by atoms with van der Waals surface area (Å²) < 4.78 is 33.8. The Morgan fingerprint density at radius 3 is 0.810 bits per heavy atom. The summed E-state index contributed by atoms with van der Waals surface area (Å²) in [5.41, 5.74) is 0. The van der Waals surface area contributed by atoms with Crippen molar-refractivity contribution >= 4 is 41.8 Å². The second-order valence-electron chi connectivity index (χ2n) is 24.0. The maximum absolute atomic E-state index is 13.5. The first-order valence-corrected chi connectivity index (χ1v) is 34.5. The quantitative estimate of drug-likeness (QED) is 0.0343. The Labute approximate surface area is 512 Å². The smallest absolute Gasteiger partial charge is 0.317 e. The predicted molar refractivity (Wildman–Crippen MR) is 337 cm³/mol. The molecule has 0 aromatic heterocycles. The van der Waals surface area contributed by atoms with Crippen LogP contribution in [0.1, 0.15) is 304 Å². The van der Waals surface area contributed by atoms with Gasteiger partial charge in [-0.25, -0.2) is 4.79 Å². The molecule has 0 bridgehead atoms. The molecule has 16 heteroatoms. The Balaban J connectivity index is 5.61. The normalized spacial score (nSPS) is 11.3. The zero-order valence-corrected chi connectivity index (χ0v) is 54.8. The molecule has 0 aliphatic carbocycles. The number of carbonyl (C=O) groups is 7. The molecule has 0 saturated carbocycles. The summed E-state index contributed by atoms with van der Waals surface area (Å²) in [7, 11) is 3.89. The minimum absolute atomic E-state index is 0.0125. The highest BCUT2D eigenvalue weighted by molar-refractivity contribution is 5.75. The van der Waals surface area contributed by atoms with Crippen LogP contribution in [0.15, 0.2) is 0 Å². The van der Waals surface area contributed by atoms with E-state index in [1.165, 1.54) is 133 Å². The zero-order chi connectivity index (χ0) is 61.8. The van der Waals surface area contributed by atoms with Crippen molar-refractivity contribution in [2.24, 2.45) is 11.8 Å². The molecule has 0 rings (SSSR count). The van der Waals surface area contributed by atoms with Gasteiger partial charge in [-0.2, -0.15) is 0 Å². The lowest BCUT2D eigenvalue weighted by Gasteiger charge is -2.24. The van der Waals surface area contributed by atoms with Gasteiger partial charge in [-0.05, 0) is 52.7 Å². The molecule has 0 saturated heterocycles. The number of hydrogen-bond donors (Lipinski definition) is 1. The van der Waals surface area contributed by atoms with E-state index < -0.39 is 29.8 Å². The van der Waals surface area contributed by atoms with Crippen molar-refractivity contribution in [3.8, 4) is 0 Å². The molecule has 84 heavy (non-hydrogen) atoms. The molecular weight excluding hydrogens is 1070 g/mol. The van der Waals surface area contributed by atoms with Gasteiger partial charge in [-0.15, -0.1) is 0 Å². The number of nitrogens with one attached hydrogen (secondary N) is 1. The number of ether oxygens (including phenoxy) is 6. The van der Waals surface area contributed by atoms with Gasteiger partial charge in [0.05, 0.1) is 52.4 Å². The van der Waals surface area contributed by atoms with Gasteiger partial charge < -0.3 is 43.5 Å². The van der Waals surface area contributed by atoms with Crippen molar-refractivity contribution in [1.82, 2.24) is 15.1 Å². The van der Waals surface area contributed by atoms with E-state index in [1.807, 2.05) is 19.0 Å². The molecule has 2 amide bonds. The fourth-order valence-corrected chi connectivity index (χ4v) is 9.93. The lowest BCUT2D eigenvalue weighted by atomic mass is 10.1. The van der Waals surface area contributed by atoms with Crippen molar-refractivity contribution in [1.29, 1.82) is 0 Å². The standard InChI is InChI=1S/C68H127N3O13/c1-7-11-15-19-23-27-31-35-39-44-62(72)81-56-60(57-82-63(73)45-40-36-32-28-24-20-16-12-8-2)54-66(76)79-52-50-71(68(78)69-48-43-49-70(5)6)51-53-80-67(77)55-61(58-83-64(74)46-41-37-33-29-25-21-17-13-9-3)59-84-65(75)47-42-38-34-30-26-22-18-14-10-4/h60-61H,7-59H2,1-6H3,(H,69,78). The van der Waals surface area contributed by atoms with Gasteiger partial charge >= 0.3 is 41.8 Å². The number of nitrogens with zero attached hydrogens (tertiary/aromatic N) is 2. The van der Waals surface area contributed by atoms with Gasteiger partial charge in [-0.3, -0.25) is 28.8 Å². The van der Waals surface area contributed by atoms with Crippen LogP contribution in [0.3, 0.4) is 0 Å². The van der Waals surface area contributed by atoms with E-state index in [0.717, 1.165) is 109 Å². The molecule has 1 N–H and O–H groups in total. The van der Waals surface area contributed by atoms with E-state index in [-0.39, 0.29) is 115 Å². The molecule has 0 aromatic carbocycles. The second kappa shape index (κ2) is 60.7. The highest BCUT2D eigenvalue weighted by Gasteiger charge is 2.23. The fraction of sp³-hybridized carbons (Fsp3) is 0.897. The fourth-order valence-electron chi connectivity index (χ4n) is 9.93. The third kappa shape index (κ3) is 55.9. The molecule has 0 aliphatic rings. The van der Waals surface area contributed by atoms with Crippen molar-refractivity contribution < 1.29 is 62.0 Å². The molecule has 0 aliphatic heterocycles. The van der Waals surface area contributed by atoms with Crippen molar-refractivity contribution in [3.63, 3.8) is 0 Å². The molecule has 0 atom stereocenters. The average molecular weight is 1190 g/mol. The molecule has 0 radical (unpaired) electrons. The molecular formula is C68H127N3O13. The van der Waals surface area contributed by atoms with Crippen molar-refractivity contribution in [2.75, 3.05) is 79.9 Å². The Bertz CT molecular complexity index is 1420. The van der Waals surface area contributed by atoms with Crippen LogP contribution in [-0.2, 0) is 57.2 Å². The summed E-state index contributed by atoms with van der Waals surface area (Å²) in [5.74, 6) is -3.87. The van der Waals surface area contributed by atoms with Crippen LogP contribution in [0.2, 0.25) is 0 Å². The Hall–Kier alpha value is -3.95. The van der Waals surface area contributed by atoms with Gasteiger partial charge in [0.25, 0.3) is 0 Å². The highest BCUT2D eigenvalue weighted by Crippen LogP contribution is 2.17. The monoisotopic (exact) mass is 1190 g/mol. The summed E-state index contributed by atoms with van der Waals surface area (Å²) in [6.45, 7) is 9.21. The van der Waals surface area contributed by atoms with Gasteiger partial charge in [-0.1, -0.05) is 233 Å². The number of urea groups is 1. The van der Waals surface area contributed by atoms with Crippen LogP contribution in [0.5, 0.6) is 0 Å². The van der Waals surface area contributed by atoms with Gasteiger partial charge in [0.15, 0.2) is 0 Å². The Morgan fingerprint density at radius 2 is 0.560 bits per heavy atom. The number of amides is 2. The minimum Gasteiger partial charge on any atom is -0.465 e. The van der Waals surface area contributed by atoms with Crippen LogP contribution < -0.4 is 5.32 Å². The largest absolute Gasteiger partial charge is 0.465 e. The number of esters is 6. The predicted octanol–water partition coefficient (Wildman–Crippen LogP) is 15.9.